The van der Waals surface area contributed by atoms with Gasteiger partial charge in [-0.25, -0.2) is 13.2 Å². The smallest absolute Gasteiger partial charge is 0.243 e. The summed E-state index contributed by atoms with van der Waals surface area (Å²) in [5, 5.41) is 4.46. The normalized spacial score (nSPS) is 15.9. The highest BCUT2D eigenvalue weighted by Gasteiger charge is 2.35. The number of hydrogen-bond donors (Lipinski definition) is 2. The van der Waals surface area contributed by atoms with Crippen molar-refractivity contribution in [1.29, 1.82) is 0 Å². The van der Waals surface area contributed by atoms with Gasteiger partial charge in [-0.3, -0.25) is 14.4 Å². The van der Waals surface area contributed by atoms with E-state index in [1.807, 2.05) is 31.2 Å². The van der Waals surface area contributed by atoms with Gasteiger partial charge in [0.1, 0.15) is 0 Å². The SMILES string of the molecule is CCc1ccccc1N1CC(C(=O)NCC(=O)Nc2ccc(F)c(F)c2F)CC1=O. The molecule has 0 radical (unpaired) electrons. The van der Waals surface area contributed by atoms with Gasteiger partial charge in [-0.1, -0.05) is 25.1 Å². The second-order valence-electron chi connectivity index (χ2n) is 6.88. The Morgan fingerprint density at radius 1 is 1.10 bits per heavy atom. The number of benzene rings is 2. The number of para-hydroxylation sites is 1. The fraction of sp³-hybridized carbons (Fsp3) is 0.286. The molecule has 3 rings (SSSR count). The lowest BCUT2D eigenvalue weighted by molar-refractivity contribution is -0.127. The van der Waals surface area contributed by atoms with Gasteiger partial charge in [0.05, 0.1) is 18.2 Å². The molecule has 1 saturated heterocycles. The van der Waals surface area contributed by atoms with E-state index in [-0.39, 0.29) is 18.9 Å². The van der Waals surface area contributed by atoms with E-state index >= 15 is 0 Å². The number of anilines is 2. The second-order valence-corrected chi connectivity index (χ2v) is 6.88. The van der Waals surface area contributed by atoms with E-state index in [0.29, 0.717) is 6.07 Å². The molecular weight excluding hydrogens is 399 g/mol. The van der Waals surface area contributed by atoms with Crippen LogP contribution in [0.4, 0.5) is 24.5 Å². The van der Waals surface area contributed by atoms with Crippen molar-refractivity contribution in [1.82, 2.24) is 5.32 Å². The van der Waals surface area contributed by atoms with E-state index in [1.165, 1.54) is 0 Å². The average molecular weight is 419 g/mol. The molecule has 0 saturated carbocycles. The molecule has 6 nitrogen and oxygen atoms in total. The zero-order chi connectivity index (χ0) is 21.8. The molecule has 2 N–H and O–H groups in total. The molecule has 2 aromatic carbocycles. The number of nitrogens with zero attached hydrogens (tertiary/aromatic N) is 1. The first-order valence-corrected chi connectivity index (χ1v) is 9.41. The number of rotatable bonds is 6. The Hall–Kier alpha value is -3.36. The molecule has 0 bridgehead atoms. The van der Waals surface area contributed by atoms with Gasteiger partial charge < -0.3 is 15.5 Å². The fourth-order valence-electron chi connectivity index (χ4n) is 3.32. The summed E-state index contributed by atoms with van der Waals surface area (Å²) < 4.78 is 39.8. The number of carbonyl (C=O) groups excluding carboxylic acids is 3. The molecule has 0 aromatic heterocycles. The van der Waals surface area contributed by atoms with E-state index in [9.17, 15) is 27.6 Å². The quantitative estimate of drug-likeness (QED) is 0.707. The standard InChI is InChI=1S/C21H20F3N3O3/c1-2-12-5-3-4-6-16(12)27-11-13(9-18(27)29)21(30)25-10-17(28)26-15-8-7-14(22)19(23)20(15)24/h3-8,13H,2,9-11H2,1H3,(H,25,30)(H,26,28). The van der Waals surface area contributed by atoms with Gasteiger partial charge in [0.25, 0.3) is 0 Å². The maximum atomic E-state index is 13.6. The van der Waals surface area contributed by atoms with Crippen LogP contribution in [0.1, 0.15) is 18.9 Å². The van der Waals surface area contributed by atoms with Crippen LogP contribution in [0.15, 0.2) is 36.4 Å². The van der Waals surface area contributed by atoms with E-state index in [2.05, 4.69) is 10.6 Å². The number of aryl methyl sites for hydroxylation is 1. The lowest BCUT2D eigenvalue weighted by atomic mass is 10.1. The fourth-order valence-corrected chi connectivity index (χ4v) is 3.32. The predicted octanol–water partition coefficient (Wildman–Crippen LogP) is 2.77. The topological polar surface area (TPSA) is 78.5 Å². The molecule has 9 heteroatoms. The third kappa shape index (κ3) is 4.45. The van der Waals surface area contributed by atoms with Gasteiger partial charge in [0, 0.05) is 18.7 Å². The van der Waals surface area contributed by atoms with Gasteiger partial charge in [-0.05, 0) is 30.2 Å². The van der Waals surface area contributed by atoms with Crippen molar-refractivity contribution in [3.8, 4) is 0 Å². The minimum absolute atomic E-state index is 0.00328. The first kappa shape index (κ1) is 21.4. The van der Waals surface area contributed by atoms with Crippen LogP contribution in [0.5, 0.6) is 0 Å². The van der Waals surface area contributed by atoms with Crippen LogP contribution in [0.25, 0.3) is 0 Å². The highest BCUT2D eigenvalue weighted by atomic mass is 19.2. The van der Waals surface area contributed by atoms with Crippen molar-refractivity contribution in [3.05, 3.63) is 59.4 Å². The number of carbonyl (C=O) groups is 3. The largest absolute Gasteiger partial charge is 0.347 e. The Morgan fingerprint density at radius 2 is 1.83 bits per heavy atom. The lowest BCUT2D eigenvalue weighted by Crippen LogP contribution is -2.38. The van der Waals surface area contributed by atoms with Crippen LogP contribution < -0.4 is 15.5 Å². The molecule has 1 heterocycles. The Kier molecular flexibility index (Phi) is 6.39. The van der Waals surface area contributed by atoms with Crippen molar-refractivity contribution in [3.63, 3.8) is 0 Å². The molecule has 0 aliphatic carbocycles. The van der Waals surface area contributed by atoms with Crippen LogP contribution in [0, 0.1) is 23.4 Å². The van der Waals surface area contributed by atoms with E-state index < -0.39 is 47.4 Å². The van der Waals surface area contributed by atoms with Crippen LogP contribution in [0.2, 0.25) is 0 Å². The molecule has 158 valence electrons. The van der Waals surface area contributed by atoms with Gasteiger partial charge in [0.2, 0.25) is 17.7 Å². The maximum absolute atomic E-state index is 13.6. The predicted molar refractivity (Wildman–Crippen MR) is 104 cm³/mol. The third-order valence-electron chi connectivity index (χ3n) is 4.89. The maximum Gasteiger partial charge on any atom is 0.243 e. The summed E-state index contributed by atoms with van der Waals surface area (Å²) in [5.74, 6) is -6.75. The summed E-state index contributed by atoms with van der Waals surface area (Å²) in [6.07, 6.45) is 0.737. The molecular formula is C21H20F3N3O3. The van der Waals surface area contributed by atoms with Gasteiger partial charge in [-0.15, -0.1) is 0 Å². The monoisotopic (exact) mass is 419 g/mol. The molecule has 1 unspecified atom stereocenters. The van der Waals surface area contributed by atoms with E-state index in [4.69, 9.17) is 0 Å². The number of nitrogens with one attached hydrogen (secondary N) is 2. The summed E-state index contributed by atoms with van der Waals surface area (Å²) in [5.41, 5.74) is 1.21. The third-order valence-corrected chi connectivity index (χ3v) is 4.89. The van der Waals surface area contributed by atoms with E-state index in [0.717, 1.165) is 23.7 Å². The molecule has 0 spiro atoms. The van der Waals surface area contributed by atoms with Crippen molar-refractivity contribution >= 4 is 29.1 Å². The highest BCUT2D eigenvalue weighted by Crippen LogP contribution is 2.28. The first-order valence-electron chi connectivity index (χ1n) is 9.41. The summed E-state index contributed by atoms with van der Waals surface area (Å²) in [4.78, 5) is 38.3. The molecule has 3 amide bonds. The first-order chi connectivity index (χ1) is 14.3. The summed E-state index contributed by atoms with van der Waals surface area (Å²) in [6, 6.07) is 8.99. The molecule has 1 aliphatic rings. The minimum atomic E-state index is -1.70. The number of hydrogen-bond acceptors (Lipinski definition) is 3. The highest BCUT2D eigenvalue weighted by molar-refractivity contribution is 6.01. The lowest BCUT2D eigenvalue weighted by Gasteiger charge is -2.20. The Morgan fingerprint density at radius 3 is 2.57 bits per heavy atom. The summed E-state index contributed by atoms with van der Waals surface area (Å²) in [7, 11) is 0. The molecule has 2 aromatic rings. The molecule has 1 fully saturated rings. The van der Waals surface area contributed by atoms with Crippen LogP contribution in [-0.2, 0) is 20.8 Å². The van der Waals surface area contributed by atoms with E-state index in [1.54, 1.807) is 4.90 Å². The number of amides is 3. The minimum Gasteiger partial charge on any atom is -0.347 e. The van der Waals surface area contributed by atoms with Gasteiger partial charge >= 0.3 is 0 Å². The Balaban J connectivity index is 1.57. The van der Waals surface area contributed by atoms with Crippen LogP contribution in [0.3, 0.4) is 0 Å². The zero-order valence-corrected chi connectivity index (χ0v) is 16.2. The molecule has 30 heavy (non-hydrogen) atoms. The Bertz CT molecular complexity index is 997. The van der Waals surface area contributed by atoms with Crippen molar-refractivity contribution in [2.24, 2.45) is 5.92 Å². The molecule has 1 aliphatic heterocycles. The summed E-state index contributed by atoms with van der Waals surface area (Å²) in [6.45, 7) is 1.65. The summed E-state index contributed by atoms with van der Waals surface area (Å²) >= 11 is 0. The Labute approximate surface area is 171 Å². The second kappa shape index (κ2) is 8.98. The van der Waals surface area contributed by atoms with Crippen LogP contribution >= 0.6 is 0 Å². The van der Waals surface area contributed by atoms with Crippen LogP contribution in [-0.4, -0.2) is 30.8 Å². The van der Waals surface area contributed by atoms with Gasteiger partial charge in [-0.2, -0.15) is 0 Å². The van der Waals surface area contributed by atoms with Crippen molar-refractivity contribution < 1.29 is 27.6 Å². The number of halogens is 3. The average Bonchev–Trinajstić information content (AvgIpc) is 3.14. The van der Waals surface area contributed by atoms with Gasteiger partial charge in [0.15, 0.2) is 17.5 Å². The van der Waals surface area contributed by atoms with Crippen molar-refractivity contribution in [2.75, 3.05) is 23.3 Å². The molecule has 1 atom stereocenters. The zero-order valence-electron chi connectivity index (χ0n) is 16.2. The van der Waals surface area contributed by atoms with Crippen molar-refractivity contribution in [2.45, 2.75) is 19.8 Å².